The molecule has 0 saturated heterocycles. The van der Waals surface area contributed by atoms with Gasteiger partial charge in [0.15, 0.2) is 0 Å². The van der Waals surface area contributed by atoms with Gasteiger partial charge in [-0.2, -0.15) is 0 Å². The number of aromatic nitrogens is 4. The van der Waals surface area contributed by atoms with Crippen molar-refractivity contribution < 1.29 is 0 Å². The third-order valence-electron chi connectivity index (χ3n) is 4.29. The van der Waals surface area contributed by atoms with Gasteiger partial charge >= 0.3 is 0 Å². The van der Waals surface area contributed by atoms with Crippen LogP contribution in [0.15, 0.2) is 63.7 Å². The number of hydrogen-bond donors (Lipinski definition) is 0. The van der Waals surface area contributed by atoms with E-state index >= 15 is 0 Å². The number of benzene rings is 1. The standard InChI is InChI=1S/C20H20N4S3/c1-15-17(13-24-14-23-16-5-2-3-6-18(16)24)21-8-7-19(15)25-10-4-11-26-20-22-9-12-27-20/h2-3,5-9,12,14H,4,10-11,13H2,1H3. The van der Waals surface area contributed by atoms with E-state index in [0.29, 0.717) is 0 Å². The molecule has 0 bridgehead atoms. The van der Waals surface area contributed by atoms with Gasteiger partial charge in [0, 0.05) is 28.4 Å². The van der Waals surface area contributed by atoms with Crippen LogP contribution in [0.2, 0.25) is 0 Å². The summed E-state index contributed by atoms with van der Waals surface area (Å²) in [4.78, 5) is 14.7. The van der Waals surface area contributed by atoms with Gasteiger partial charge in [0.1, 0.15) is 4.34 Å². The van der Waals surface area contributed by atoms with Crippen LogP contribution < -0.4 is 0 Å². The van der Waals surface area contributed by atoms with E-state index in [1.807, 2.05) is 59.8 Å². The summed E-state index contributed by atoms with van der Waals surface area (Å²) < 4.78 is 3.33. The molecule has 0 saturated carbocycles. The Morgan fingerprint density at radius 2 is 1.89 bits per heavy atom. The highest BCUT2D eigenvalue weighted by atomic mass is 32.2. The average Bonchev–Trinajstić information content (AvgIpc) is 3.34. The van der Waals surface area contributed by atoms with Crippen molar-refractivity contribution in [3.63, 3.8) is 0 Å². The van der Waals surface area contributed by atoms with Crippen molar-refractivity contribution >= 4 is 45.9 Å². The number of imidazole rings is 1. The van der Waals surface area contributed by atoms with Crippen molar-refractivity contribution in [1.29, 1.82) is 0 Å². The highest BCUT2D eigenvalue weighted by Crippen LogP contribution is 2.27. The molecule has 0 unspecified atom stereocenters. The molecule has 3 aromatic heterocycles. The van der Waals surface area contributed by atoms with E-state index < -0.39 is 0 Å². The van der Waals surface area contributed by atoms with Gasteiger partial charge in [0.25, 0.3) is 0 Å². The summed E-state index contributed by atoms with van der Waals surface area (Å²) in [5, 5.41) is 2.03. The van der Waals surface area contributed by atoms with Crippen LogP contribution in [0.4, 0.5) is 0 Å². The molecular weight excluding hydrogens is 392 g/mol. The molecule has 138 valence electrons. The van der Waals surface area contributed by atoms with Crippen LogP contribution in [0.1, 0.15) is 17.7 Å². The first-order valence-electron chi connectivity index (χ1n) is 8.81. The lowest BCUT2D eigenvalue weighted by molar-refractivity contribution is 0.784. The van der Waals surface area contributed by atoms with Gasteiger partial charge in [-0.15, -0.1) is 23.1 Å². The van der Waals surface area contributed by atoms with Gasteiger partial charge in [-0.1, -0.05) is 23.9 Å². The molecule has 0 aliphatic carbocycles. The number of nitrogens with zero attached hydrogens (tertiary/aromatic N) is 4. The van der Waals surface area contributed by atoms with Crippen LogP contribution in [-0.4, -0.2) is 31.0 Å². The lowest BCUT2D eigenvalue weighted by Gasteiger charge is -2.11. The zero-order valence-corrected chi connectivity index (χ0v) is 17.5. The lowest BCUT2D eigenvalue weighted by Crippen LogP contribution is -2.03. The molecule has 0 radical (unpaired) electrons. The molecule has 4 rings (SSSR count). The summed E-state index contributed by atoms with van der Waals surface area (Å²) in [5.41, 5.74) is 4.56. The van der Waals surface area contributed by atoms with E-state index in [1.165, 1.54) is 10.5 Å². The number of pyridine rings is 1. The molecule has 27 heavy (non-hydrogen) atoms. The largest absolute Gasteiger partial charge is 0.324 e. The summed E-state index contributed by atoms with van der Waals surface area (Å²) in [5.74, 6) is 2.22. The Kier molecular flexibility index (Phi) is 6.11. The van der Waals surface area contributed by atoms with Gasteiger partial charge in [-0.05, 0) is 42.9 Å². The molecule has 4 aromatic rings. The number of fused-ring (bicyclic) bond motifs is 1. The van der Waals surface area contributed by atoms with Crippen LogP contribution in [0.25, 0.3) is 11.0 Å². The molecular formula is C20H20N4S3. The molecule has 0 fully saturated rings. The number of hydrogen-bond acceptors (Lipinski definition) is 6. The fraction of sp³-hybridized carbons (Fsp3) is 0.250. The van der Waals surface area contributed by atoms with Crippen molar-refractivity contribution in [2.45, 2.75) is 29.1 Å². The SMILES string of the molecule is Cc1c(SCCCSc2nccs2)ccnc1Cn1cnc2ccccc21. The van der Waals surface area contributed by atoms with Crippen LogP contribution >= 0.6 is 34.9 Å². The van der Waals surface area contributed by atoms with E-state index in [9.17, 15) is 0 Å². The number of rotatable bonds is 8. The zero-order valence-electron chi connectivity index (χ0n) is 15.0. The molecule has 0 atom stereocenters. The topological polar surface area (TPSA) is 43.6 Å². The first kappa shape index (κ1) is 18.5. The van der Waals surface area contributed by atoms with E-state index in [1.54, 1.807) is 11.3 Å². The smallest absolute Gasteiger partial charge is 0.149 e. The quantitative estimate of drug-likeness (QED) is 0.282. The molecule has 1 aromatic carbocycles. The number of para-hydroxylation sites is 2. The van der Waals surface area contributed by atoms with Crippen molar-refractivity contribution in [3.8, 4) is 0 Å². The van der Waals surface area contributed by atoms with Crippen LogP contribution in [-0.2, 0) is 6.54 Å². The minimum atomic E-state index is 0.751. The van der Waals surface area contributed by atoms with E-state index in [2.05, 4.69) is 44.6 Å². The first-order chi connectivity index (χ1) is 13.3. The lowest BCUT2D eigenvalue weighted by atomic mass is 10.2. The summed E-state index contributed by atoms with van der Waals surface area (Å²) >= 11 is 5.48. The monoisotopic (exact) mass is 412 g/mol. The van der Waals surface area contributed by atoms with E-state index in [0.717, 1.165) is 45.5 Å². The second kappa shape index (κ2) is 8.91. The fourth-order valence-corrected chi connectivity index (χ4v) is 5.68. The third-order valence-corrected chi connectivity index (χ3v) is 7.59. The Balaban J connectivity index is 1.37. The molecule has 3 heterocycles. The minimum Gasteiger partial charge on any atom is -0.324 e. The number of thioether (sulfide) groups is 2. The summed E-state index contributed by atoms with van der Waals surface area (Å²) in [6.45, 7) is 2.93. The second-order valence-corrected chi connectivity index (χ2v) is 9.46. The summed E-state index contributed by atoms with van der Waals surface area (Å²) in [6.07, 6.45) is 6.86. The Labute approximate surface area is 171 Å². The average molecular weight is 413 g/mol. The Morgan fingerprint density at radius 1 is 1.00 bits per heavy atom. The zero-order chi connectivity index (χ0) is 18.5. The van der Waals surface area contributed by atoms with Crippen LogP contribution in [0, 0.1) is 6.92 Å². The van der Waals surface area contributed by atoms with Gasteiger partial charge in [0.05, 0.1) is 29.6 Å². The molecule has 0 aliphatic rings. The Hall–Kier alpha value is -1.83. The summed E-state index contributed by atoms with van der Waals surface area (Å²) in [6, 6.07) is 10.4. The molecule has 0 spiro atoms. The van der Waals surface area contributed by atoms with Gasteiger partial charge in [0.2, 0.25) is 0 Å². The molecule has 0 aliphatic heterocycles. The van der Waals surface area contributed by atoms with Gasteiger partial charge in [-0.3, -0.25) is 4.98 Å². The van der Waals surface area contributed by atoms with Crippen molar-refractivity contribution in [2.75, 3.05) is 11.5 Å². The Bertz CT molecular complexity index is 1010. The second-order valence-electron chi connectivity index (χ2n) is 6.09. The summed E-state index contributed by atoms with van der Waals surface area (Å²) in [7, 11) is 0. The molecule has 0 N–H and O–H groups in total. The van der Waals surface area contributed by atoms with Crippen molar-refractivity contribution in [3.05, 3.63) is 65.7 Å². The van der Waals surface area contributed by atoms with E-state index in [-0.39, 0.29) is 0 Å². The minimum absolute atomic E-state index is 0.751. The molecule has 4 nitrogen and oxygen atoms in total. The molecule has 0 amide bonds. The predicted molar refractivity (Wildman–Crippen MR) is 116 cm³/mol. The van der Waals surface area contributed by atoms with Crippen molar-refractivity contribution in [2.24, 2.45) is 0 Å². The van der Waals surface area contributed by atoms with E-state index in [4.69, 9.17) is 0 Å². The first-order valence-corrected chi connectivity index (χ1v) is 11.7. The highest BCUT2D eigenvalue weighted by Gasteiger charge is 2.09. The maximum Gasteiger partial charge on any atom is 0.149 e. The Morgan fingerprint density at radius 3 is 2.78 bits per heavy atom. The third kappa shape index (κ3) is 4.54. The molecule has 7 heteroatoms. The number of thiazole rings is 1. The maximum absolute atomic E-state index is 4.63. The highest BCUT2D eigenvalue weighted by molar-refractivity contribution is 8.01. The van der Waals surface area contributed by atoms with Gasteiger partial charge in [-0.25, -0.2) is 9.97 Å². The maximum atomic E-state index is 4.63. The predicted octanol–water partition coefficient (Wildman–Crippen LogP) is 5.52. The van der Waals surface area contributed by atoms with Gasteiger partial charge < -0.3 is 4.57 Å². The normalized spacial score (nSPS) is 11.3. The fourth-order valence-electron chi connectivity index (χ4n) is 2.85. The van der Waals surface area contributed by atoms with Crippen LogP contribution in [0.5, 0.6) is 0 Å². The van der Waals surface area contributed by atoms with Crippen LogP contribution in [0.3, 0.4) is 0 Å². The van der Waals surface area contributed by atoms with Crippen molar-refractivity contribution in [1.82, 2.24) is 19.5 Å².